The normalized spacial score (nSPS) is 10.1. The Balaban J connectivity index is 2.53. The number of hydrogen-bond acceptors (Lipinski definition) is 3. The topological polar surface area (TPSA) is 48.7 Å². The second kappa shape index (κ2) is 5.11. The Bertz CT molecular complexity index is 646. The summed E-state index contributed by atoms with van der Waals surface area (Å²) >= 11 is 0. The van der Waals surface area contributed by atoms with Crippen LogP contribution in [0.3, 0.4) is 0 Å². The van der Waals surface area contributed by atoms with Crippen molar-refractivity contribution in [3.63, 3.8) is 0 Å². The van der Waals surface area contributed by atoms with Gasteiger partial charge < -0.3 is 5.32 Å². The third-order valence-electron chi connectivity index (χ3n) is 3.18. The highest BCUT2D eigenvalue weighted by Gasteiger charge is 2.10. The van der Waals surface area contributed by atoms with E-state index in [9.17, 15) is 5.26 Å². The van der Waals surface area contributed by atoms with Crippen LogP contribution in [0.15, 0.2) is 24.3 Å². The highest BCUT2D eigenvalue weighted by molar-refractivity contribution is 5.71. The first-order chi connectivity index (χ1) is 9.02. The molecule has 96 valence electrons. The molecule has 0 aliphatic rings. The van der Waals surface area contributed by atoms with Crippen molar-refractivity contribution in [1.29, 1.82) is 5.26 Å². The summed E-state index contributed by atoms with van der Waals surface area (Å²) in [5.74, 6) is 0. The molecule has 3 nitrogen and oxygen atoms in total. The molecule has 0 radical (unpaired) electrons. The summed E-state index contributed by atoms with van der Waals surface area (Å²) in [6.07, 6.45) is 0. The monoisotopic (exact) mass is 251 g/mol. The number of anilines is 2. The molecule has 0 spiro atoms. The highest BCUT2D eigenvalue weighted by Crippen LogP contribution is 2.27. The van der Waals surface area contributed by atoms with Crippen LogP contribution in [0.2, 0.25) is 0 Å². The molecule has 1 heterocycles. The number of hydrogen-bond donors (Lipinski definition) is 1. The maximum Gasteiger partial charge on any atom is 0.103 e. The minimum Gasteiger partial charge on any atom is -0.354 e. The third kappa shape index (κ3) is 2.58. The molecule has 0 amide bonds. The maximum absolute atomic E-state index is 9.28. The predicted octanol–water partition coefficient (Wildman–Crippen LogP) is 3.93. The fraction of sp³-hybridized carbons (Fsp3) is 0.250. The number of nitrogens with one attached hydrogen (secondary N) is 1. The third-order valence-corrected chi connectivity index (χ3v) is 3.18. The zero-order valence-electron chi connectivity index (χ0n) is 11.7. The van der Waals surface area contributed by atoms with Crippen molar-refractivity contribution < 1.29 is 0 Å². The van der Waals surface area contributed by atoms with Crippen molar-refractivity contribution in [2.24, 2.45) is 0 Å². The van der Waals surface area contributed by atoms with Gasteiger partial charge in [-0.25, -0.2) is 0 Å². The summed E-state index contributed by atoms with van der Waals surface area (Å²) in [4.78, 5) is 4.33. The molecular formula is C16H17N3. The zero-order valence-corrected chi connectivity index (χ0v) is 11.7. The first-order valence-corrected chi connectivity index (χ1v) is 6.24. The van der Waals surface area contributed by atoms with Crippen molar-refractivity contribution in [3.05, 3.63) is 52.3 Å². The maximum atomic E-state index is 9.28. The van der Waals surface area contributed by atoms with Crippen LogP contribution in [0, 0.1) is 39.0 Å². The van der Waals surface area contributed by atoms with E-state index in [1.54, 1.807) is 0 Å². The van der Waals surface area contributed by atoms with Crippen LogP contribution in [0.4, 0.5) is 11.4 Å². The molecular weight excluding hydrogens is 234 g/mol. The smallest absolute Gasteiger partial charge is 0.103 e. The molecule has 1 aromatic heterocycles. The van der Waals surface area contributed by atoms with Crippen molar-refractivity contribution in [2.45, 2.75) is 27.7 Å². The van der Waals surface area contributed by atoms with E-state index in [-0.39, 0.29) is 0 Å². The summed E-state index contributed by atoms with van der Waals surface area (Å²) in [6.45, 7) is 7.91. The van der Waals surface area contributed by atoms with E-state index in [0.29, 0.717) is 5.56 Å². The number of para-hydroxylation sites is 1. The van der Waals surface area contributed by atoms with Crippen LogP contribution in [0.25, 0.3) is 0 Å². The van der Waals surface area contributed by atoms with Crippen molar-refractivity contribution in [2.75, 3.05) is 5.32 Å². The Morgan fingerprint density at radius 2 is 1.74 bits per heavy atom. The quantitative estimate of drug-likeness (QED) is 0.879. The molecule has 0 fully saturated rings. The Morgan fingerprint density at radius 1 is 1.11 bits per heavy atom. The zero-order chi connectivity index (χ0) is 14.0. The van der Waals surface area contributed by atoms with Gasteiger partial charge in [-0.05, 0) is 44.9 Å². The Morgan fingerprint density at radius 3 is 2.32 bits per heavy atom. The van der Waals surface area contributed by atoms with Crippen LogP contribution in [0.5, 0.6) is 0 Å². The number of aromatic nitrogens is 1. The van der Waals surface area contributed by atoms with E-state index >= 15 is 0 Å². The lowest BCUT2D eigenvalue weighted by Crippen LogP contribution is -2.02. The average Bonchev–Trinajstić information content (AvgIpc) is 2.33. The lowest BCUT2D eigenvalue weighted by molar-refractivity contribution is 1.11. The number of pyridine rings is 1. The van der Waals surface area contributed by atoms with Gasteiger partial charge in [0.05, 0.1) is 16.9 Å². The molecule has 1 N–H and O–H groups in total. The van der Waals surface area contributed by atoms with Gasteiger partial charge in [-0.1, -0.05) is 18.2 Å². The van der Waals surface area contributed by atoms with Gasteiger partial charge in [-0.3, -0.25) is 4.98 Å². The lowest BCUT2D eigenvalue weighted by atomic mass is 10.1. The van der Waals surface area contributed by atoms with Gasteiger partial charge in [0.2, 0.25) is 0 Å². The van der Waals surface area contributed by atoms with E-state index in [1.165, 1.54) is 0 Å². The van der Waals surface area contributed by atoms with Crippen LogP contribution >= 0.6 is 0 Å². The van der Waals surface area contributed by atoms with Crippen LogP contribution in [0.1, 0.15) is 28.1 Å². The fourth-order valence-corrected chi connectivity index (χ4v) is 2.21. The van der Waals surface area contributed by atoms with Gasteiger partial charge in [0.25, 0.3) is 0 Å². The summed E-state index contributed by atoms with van der Waals surface area (Å²) in [6, 6.07) is 10.3. The summed E-state index contributed by atoms with van der Waals surface area (Å²) < 4.78 is 0. The predicted molar refractivity (Wildman–Crippen MR) is 77.6 cm³/mol. The van der Waals surface area contributed by atoms with E-state index < -0.39 is 0 Å². The Hall–Kier alpha value is -2.34. The SMILES string of the molecule is Cc1cc(Nc2c(C)cccc2C)c(C#N)c(C)n1. The van der Waals surface area contributed by atoms with E-state index in [1.807, 2.05) is 26.0 Å². The van der Waals surface area contributed by atoms with Gasteiger partial charge in [0, 0.05) is 11.4 Å². The second-order valence-corrected chi connectivity index (χ2v) is 4.78. The standard InChI is InChI=1S/C16H17N3/c1-10-6-5-7-11(2)16(10)19-15-8-12(3)18-13(4)14(15)9-17/h5-8H,1-4H3,(H,18,19). The first-order valence-electron chi connectivity index (χ1n) is 6.24. The number of rotatable bonds is 2. The van der Waals surface area contributed by atoms with Crippen molar-refractivity contribution >= 4 is 11.4 Å². The molecule has 0 atom stereocenters. The van der Waals surface area contributed by atoms with Crippen LogP contribution in [-0.4, -0.2) is 4.98 Å². The minimum absolute atomic E-state index is 0.605. The number of benzene rings is 1. The molecule has 1 aromatic carbocycles. The van der Waals surface area contributed by atoms with Crippen LogP contribution < -0.4 is 5.32 Å². The number of aryl methyl sites for hydroxylation is 4. The molecule has 0 aliphatic heterocycles. The van der Waals surface area contributed by atoms with E-state index in [4.69, 9.17) is 0 Å². The van der Waals surface area contributed by atoms with Gasteiger partial charge >= 0.3 is 0 Å². The van der Waals surface area contributed by atoms with Gasteiger partial charge in [0.1, 0.15) is 6.07 Å². The number of nitrogens with zero attached hydrogens (tertiary/aromatic N) is 2. The largest absolute Gasteiger partial charge is 0.354 e. The molecule has 0 saturated carbocycles. The summed E-state index contributed by atoms with van der Waals surface area (Å²) in [5, 5.41) is 12.7. The van der Waals surface area contributed by atoms with E-state index in [0.717, 1.165) is 33.9 Å². The van der Waals surface area contributed by atoms with E-state index in [2.05, 4.69) is 42.4 Å². The first kappa shape index (κ1) is 13.1. The number of nitriles is 1. The summed E-state index contributed by atoms with van der Waals surface area (Å²) in [5.41, 5.74) is 6.48. The molecule has 19 heavy (non-hydrogen) atoms. The Kier molecular flexibility index (Phi) is 3.52. The Labute approximate surface area is 113 Å². The fourth-order valence-electron chi connectivity index (χ4n) is 2.21. The van der Waals surface area contributed by atoms with Crippen LogP contribution in [-0.2, 0) is 0 Å². The summed E-state index contributed by atoms with van der Waals surface area (Å²) in [7, 11) is 0. The molecule has 0 unspecified atom stereocenters. The minimum atomic E-state index is 0.605. The second-order valence-electron chi connectivity index (χ2n) is 4.78. The van der Waals surface area contributed by atoms with Gasteiger partial charge in [-0.2, -0.15) is 5.26 Å². The van der Waals surface area contributed by atoms with Gasteiger partial charge in [0.15, 0.2) is 0 Å². The lowest BCUT2D eigenvalue weighted by Gasteiger charge is -2.15. The molecule has 0 aliphatic carbocycles. The highest BCUT2D eigenvalue weighted by atomic mass is 14.9. The van der Waals surface area contributed by atoms with Gasteiger partial charge in [-0.15, -0.1) is 0 Å². The molecule has 0 saturated heterocycles. The van der Waals surface area contributed by atoms with Crippen molar-refractivity contribution in [1.82, 2.24) is 4.98 Å². The molecule has 3 heteroatoms. The molecule has 2 rings (SSSR count). The molecule has 2 aromatic rings. The average molecular weight is 251 g/mol. The molecule has 0 bridgehead atoms. The van der Waals surface area contributed by atoms with Crippen molar-refractivity contribution in [3.8, 4) is 6.07 Å².